The van der Waals surface area contributed by atoms with E-state index in [0.29, 0.717) is 40.7 Å². The summed E-state index contributed by atoms with van der Waals surface area (Å²) < 4.78 is 10.7. The predicted octanol–water partition coefficient (Wildman–Crippen LogP) is 5.23. The fraction of sp³-hybridized carbons (Fsp3) is 0.138. The van der Waals surface area contributed by atoms with Gasteiger partial charge in [-0.3, -0.25) is 4.79 Å². The lowest BCUT2D eigenvalue weighted by Crippen LogP contribution is -2.22. The van der Waals surface area contributed by atoms with E-state index in [9.17, 15) is 14.7 Å². The number of allylic oxidation sites excluding steroid dienone is 1. The van der Waals surface area contributed by atoms with Crippen LogP contribution in [0.25, 0.3) is 22.6 Å². The molecule has 36 heavy (non-hydrogen) atoms. The largest absolute Gasteiger partial charge is 0.508 e. The van der Waals surface area contributed by atoms with Gasteiger partial charge in [0.15, 0.2) is 6.61 Å². The number of rotatable bonds is 6. The van der Waals surface area contributed by atoms with Crippen molar-refractivity contribution in [1.29, 1.82) is 0 Å². The second-order valence-electron chi connectivity index (χ2n) is 8.42. The molecule has 7 nitrogen and oxygen atoms in total. The summed E-state index contributed by atoms with van der Waals surface area (Å²) >= 11 is 0. The molecule has 0 radical (unpaired) electrons. The van der Waals surface area contributed by atoms with Gasteiger partial charge in [0.2, 0.25) is 0 Å². The van der Waals surface area contributed by atoms with Gasteiger partial charge in [0.25, 0.3) is 5.91 Å². The van der Waals surface area contributed by atoms with E-state index < -0.39 is 18.5 Å². The Labute approximate surface area is 208 Å². The van der Waals surface area contributed by atoms with Crippen molar-refractivity contribution in [2.75, 3.05) is 19.0 Å². The molecule has 1 heterocycles. The molecule has 1 aliphatic carbocycles. The van der Waals surface area contributed by atoms with Crippen LogP contribution in [0.3, 0.4) is 0 Å². The molecule has 0 fully saturated rings. The zero-order valence-electron chi connectivity index (χ0n) is 19.7. The zero-order chi connectivity index (χ0) is 25.1. The number of phenols is 1. The van der Waals surface area contributed by atoms with E-state index in [1.807, 2.05) is 42.5 Å². The van der Waals surface area contributed by atoms with Crippen molar-refractivity contribution < 1.29 is 24.2 Å². The maximum Gasteiger partial charge on any atom is 0.339 e. The van der Waals surface area contributed by atoms with Crippen LogP contribution in [0, 0.1) is 0 Å². The van der Waals surface area contributed by atoms with Crippen LogP contribution in [-0.2, 0) is 16.0 Å². The third-order valence-electron chi connectivity index (χ3n) is 6.10. The molecule has 1 amide bonds. The number of hydrogen-bond acceptors (Lipinski definition) is 6. The monoisotopic (exact) mass is 480 g/mol. The van der Waals surface area contributed by atoms with Gasteiger partial charge in [0.1, 0.15) is 11.5 Å². The predicted molar refractivity (Wildman–Crippen MR) is 138 cm³/mol. The van der Waals surface area contributed by atoms with Crippen molar-refractivity contribution in [3.8, 4) is 11.5 Å². The lowest BCUT2D eigenvalue weighted by Gasteiger charge is -2.13. The molecule has 0 spiro atoms. The number of benzene rings is 3. The van der Waals surface area contributed by atoms with Gasteiger partial charge in [0.05, 0.1) is 29.6 Å². The van der Waals surface area contributed by atoms with Gasteiger partial charge in [-0.05, 0) is 65.9 Å². The van der Waals surface area contributed by atoms with Gasteiger partial charge in [-0.2, -0.15) is 0 Å². The fourth-order valence-corrected chi connectivity index (χ4v) is 4.42. The quantitative estimate of drug-likeness (QED) is 0.367. The van der Waals surface area contributed by atoms with E-state index in [2.05, 4.69) is 5.32 Å². The summed E-state index contributed by atoms with van der Waals surface area (Å²) in [5.74, 6) is -0.308. The number of carbonyl (C=O) groups excluding carboxylic acids is 2. The van der Waals surface area contributed by atoms with Crippen molar-refractivity contribution in [3.05, 3.63) is 95.2 Å². The van der Waals surface area contributed by atoms with E-state index in [1.165, 1.54) is 7.11 Å². The number of hydrogen-bond donors (Lipinski definition) is 2. The topological polar surface area (TPSA) is 97.8 Å². The number of para-hydroxylation sites is 3. The summed E-state index contributed by atoms with van der Waals surface area (Å²) in [6.45, 7) is -0.432. The highest BCUT2D eigenvalue weighted by atomic mass is 16.5. The smallest absolute Gasteiger partial charge is 0.339 e. The molecular weight excluding hydrogens is 456 g/mol. The highest BCUT2D eigenvalue weighted by molar-refractivity contribution is 6.08. The minimum Gasteiger partial charge on any atom is -0.508 e. The molecule has 0 unspecified atom stereocenters. The number of esters is 1. The molecule has 0 aliphatic heterocycles. The first-order valence-corrected chi connectivity index (χ1v) is 11.5. The molecule has 0 bridgehead atoms. The minimum absolute atomic E-state index is 0.202. The number of carbonyl (C=O) groups is 2. The van der Waals surface area contributed by atoms with E-state index in [-0.39, 0.29) is 5.75 Å². The average molecular weight is 481 g/mol. The van der Waals surface area contributed by atoms with Crippen LogP contribution in [0.5, 0.6) is 11.5 Å². The molecule has 2 N–H and O–H groups in total. The van der Waals surface area contributed by atoms with Crippen molar-refractivity contribution >= 4 is 40.1 Å². The van der Waals surface area contributed by atoms with Crippen LogP contribution < -0.4 is 10.1 Å². The number of phenolic OH excluding ortho intramolecular Hbond substituents is 1. The number of ether oxygens (including phenoxy) is 2. The van der Waals surface area contributed by atoms with Gasteiger partial charge in [-0.25, -0.2) is 9.78 Å². The van der Waals surface area contributed by atoms with Gasteiger partial charge >= 0.3 is 5.97 Å². The van der Waals surface area contributed by atoms with Gasteiger partial charge in [0, 0.05) is 5.39 Å². The summed E-state index contributed by atoms with van der Waals surface area (Å²) in [4.78, 5) is 30.7. The summed E-state index contributed by atoms with van der Waals surface area (Å²) in [5.41, 5.74) is 5.13. The Morgan fingerprint density at radius 2 is 1.75 bits per heavy atom. The molecule has 3 aromatic carbocycles. The van der Waals surface area contributed by atoms with Crippen molar-refractivity contribution in [3.63, 3.8) is 0 Å². The third-order valence-corrected chi connectivity index (χ3v) is 6.10. The number of methoxy groups -OCH3 is 1. The molecule has 180 valence electrons. The lowest BCUT2D eigenvalue weighted by molar-refractivity contribution is -0.119. The molecule has 4 aromatic rings. The summed E-state index contributed by atoms with van der Waals surface area (Å²) in [5, 5.41) is 13.0. The van der Waals surface area contributed by atoms with Gasteiger partial charge in [-0.1, -0.05) is 42.5 Å². The number of pyridine rings is 1. The molecular formula is C29H24N2O5. The first-order chi connectivity index (χ1) is 17.5. The second kappa shape index (κ2) is 9.92. The average Bonchev–Trinajstić information content (AvgIpc) is 3.29. The highest BCUT2D eigenvalue weighted by Gasteiger charge is 2.28. The van der Waals surface area contributed by atoms with Gasteiger partial charge < -0.3 is 19.9 Å². The number of anilines is 1. The summed E-state index contributed by atoms with van der Waals surface area (Å²) in [6.07, 6.45) is 3.37. The normalized spacial score (nSPS) is 13.4. The summed E-state index contributed by atoms with van der Waals surface area (Å²) in [6, 6.07) is 21.4. The number of aromatic hydroxyl groups is 1. The Hall–Kier alpha value is -4.65. The lowest BCUT2D eigenvalue weighted by atomic mass is 10.0. The zero-order valence-corrected chi connectivity index (χ0v) is 19.7. The van der Waals surface area contributed by atoms with Crippen molar-refractivity contribution in [2.24, 2.45) is 0 Å². The van der Waals surface area contributed by atoms with Gasteiger partial charge in [-0.15, -0.1) is 0 Å². The Bertz CT molecular complexity index is 1490. The Morgan fingerprint density at radius 1 is 1.00 bits per heavy atom. The first-order valence-electron chi connectivity index (χ1n) is 11.5. The number of nitrogens with zero attached hydrogens (tertiary/aromatic N) is 1. The van der Waals surface area contributed by atoms with E-state index in [1.54, 1.807) is 36.4 Å². The third kappa shape index (κ3) is 4.63. The molecule has 0 saturated carbocycles. The number of amides is 1. The van der Waals surface area contributed by atoms with Crippen molar-refractivity contribution in [2.45, 2.75) is 12.8 Å². The fourth-order valence-electron chi connectivity index (χ4n) is 4.42. The van der Waals surface area contributed by atoms with E-state index in [0.717, 1.165) is 22.4 Å². The molecule has 0 atom stereocenters. The summed E-state index contributed by atoms with van der Waals surface area (Å²) in [7, 11) is 1.52. The Balaban J connectivity index is 1.42. The molecule has 7 heteroatoms. The number of aromatic nitrogens is 1. The maximum atomic E-state index is 13.3. The van der Waals surface area contributed by atoms with Crippen LogP contribution in [-0.4, -0.2) is 35.7 Å². The van der Waals surface area contributed by atoms with Crippen molar-refractivity contribution in [1.82, 2.24) is 4.98 Å². The second-order valence-corrected chi connectivity index (χ2v) is 8.42. The van der Waals surface area contributed by atoms with Crippen LogP contribution in [0.2, 0.25) is 0 Å². The standard InChI is InChI=1S/C29H24N2O5/c1-35-25-9-5-4-8-24(25)30-26(33)17-36-29(34)27-21-6-2-3-7-23(21)31-28-19(12-15-22(27)28)16-18-10-13-20(32)14-11-18/h2-11,13-14,16,32H,12,15,17H2,1H3,(H,30,33)/b19-16+. The van der Waals surface area contributed by atoms with E-state index >= 15 is 0 Å². The highest BCUT2D eigenvalue weighted by Crippen LogP contribution is 2.38. The Morgan fingerprint density at radius 3 is 2.56 bits per heavy atom. The molecule has 1 aromatic heterocycles. The molecule has 1 aliphatic rings. The molecule has 5 rings (SSSR count). The van der Waals surface area contributed by atoms with Crippen LogP contribution in [0.4, 0.5) is 5.69 Å². The number of nitrogens with one attached hydrogen (secondary N) is 1. The van der Waals surface area contributed by atoms with E-state index in [4.69, 9.17) is 14.5 Å². The SMILES string of the molecule is COc1ccccc1NC(=O)COC(=O)c1c2c(nc3ccccc13)/C(=C/c1ccc(O)cc1)CC2. The van der Waals surface area contributed by atoms with Crippen LogP contribution in [0.15, 0.2) is 72.8 Å². The minimum atomic E-state index is -0.564. The van der Waals surface area contributed by atoms with Crippen LogP contribution in [0.1, 0.15) is 33.6 Å². The first kappa shape index (κ1) is 23.1. The Kier molecular flexibility index (Phi) is 6.36. The maximum absolute atomic E-state index is 13.3. The molecule has 0 saturated heterocycles. The number of fused-ring (bicyclic) bond motifs is 2. The van der Waals surface area contributed by atoms with Crippen LogP contribution >= 0.6 is 0 Å².